The summed E-state index contributed by atoms with van der Waals surface area (Å²) in [4.78, 5) is 8.05. The molecule has 0 aliphatic heterocycles. The van der Waals surface area contributed by atoms with Crippen molar-refractivity contribution in [2.45, 2.75) is 13.5 Å². The number of nitrogens with one attached hydrogen (secondary N) is 3. The van der Waals surface area contributed by atoms with E-state index in [1.54, 1.807) is 0 Å². The minimum atomic E-state index is 0.610. The number of aromatic amines is 1. The lowest BCUT2D eigenvalue weighted by Crippen LogP contribution is -2.01. The molecule has 3 heterocycles. The Morgan fingerprint density at radius 2 is 1.82 bits per heavy atom. The smallest absolute Gasteiger partial charge is 0.127 e. The van der Waals surface area contributed by atoms with Crippen molar-refractivity contribution in [2.24, 2.45) is 0 Å². The van der Waals surface area contributed by atoms with E-state index in [0.717, 1.165) is 45.1 Å². The Labute approximate surface area is 162 Å². The molecule has 0 fully saturated rings. The topological polar surface area (TPSA) is 65.9 Å². The molecule has 5 aromatic rings. The van der Waals surface area contributed by atoms with Gasteiger partial charge in [-0.05, 0) is 55.5 Å². The van der Waals surface area contributed by atoms with E-state index in [4.69, 9.17) is 9.40 Å². The van der Waals surface area contributed by atoms with E-state index in [0.29, 0.717) is 6.54 Å². The van der Waals surface area contributed by atoms with Gasteiger partial charge in [-0.25, -0.2) is 4.98 Å². The number of benzene rings is 2. The van der Waals surface area contributed by atoms with Gasteiger partial charge in [0.05, 0.1) is 23.3 Å². The molecule has 0 atom stereocenters. The first-order valence-electron chi connectivity index (χ1n) is 9.28. The highest BCUT2D eigenvalue weighted by molar-refractivity contribution is 5.98. The van der Waals surface area contributed by atoms with Crippen LogP contribution < -0.4 is 10.6 Å². The van der Waals surface area contributed by atoms with Crippen molar-refractivity contribution in [3.8, 4) is 0 Å². The summed E-state index contributed by atoms with van der Waals surface area (Å²) in [6, 6.07) is 22.5. The second kappa shape index (κ2) is 6.78. The molecule has 0 aliphatic carbocycles. The minimum Gasteiger partial charge on any atom is -0.465 e. The summed E-state index contributed by atoms with van der Waals surface area (Å²) in [7, 11) is 0. The van der Waals surface area contributed by atoms with Gasteiger partial charge in [0.2, 0.25) is 0 Å². The number of para-hydroxylation sites is 1. The van der Waals surface area contributed by atoms with Crippen molar-refractivity contribution in [3.05, 3.63) is 84.4 Å². The lowest BCUT2D eigenvalue weighted by molar-refractivity contribution is 0.490. The molecule has 138 valence electrons. The minimum absolute atomic E-state index is 0.610. The molecular weight excluding hydrogens is 348 g/mol. The number of hydrogen-bond acceptors (Lipinski definition) is 4. The van der Waals surface area contributed by atoms with Crippen molar-refractivity contribution < 1.29 is 4.42 Å². The molecule has 0 saturated heterocycles. The summed E-state index contributed by atoms with van der Waals surface area (Å²) in [5.41, 5.74) is 4.11. The molecule has 5 heteroatoms. The van der Waals surface area contributed by atoms with E-state index >= 15 is 0 Å². The fraction of sp³-hybridized carbons (Fsp3) is 0.0870. The van der Waals surface area contributed by atoms with Crippen LogP contribution in [-0.4, -0.2) is 9.97 Å². The van der Waals surface area contributed by atoms with Gasteiger partial charge in [-0.2, -0.15) is 0 Å². The summed E-state index contributed by atoms with van der Waals surface area (Å²) < 4.78 is 5.60. The molecule has 0 saturated carbocycles. The Balaban J connectivity index is 1.43. The summed E-state index contributed by atoms with van der Waals surface area (Å²) in [5, 5.41) is 9.13. The van der Waals surface area contributed by atoms with Crippen LogP contribution >= 0.6 is 0 Å². The summed E-state index contributed by atoms with van der Waals surface area (Å²) >= 11 is 0. The van der Waals surface area contributed by atoms with Gasteiger partial charge in [-0.15, -0.1) is 0 Å². The van der Waals surface area contributed by atoms with Gasteiger partial charge in [0.15, 0.2) is 0 Å². The number of pyridine rings is 1. The van der Waals surface area contributed by atoms with Crippen molar-refractivity contribution in [2.75, 3.05) is 10.6 Å². The number of H-pyrrole nitrogens is 1. The highest BCUT2D eigenvalue weighted by Gasteiger charge is 2.07. The number of aryl methyl sites for hydroxylation is 1. The Kier molecular flexibility index (Phi) is 3.98. The second-order valence-electron chi connectivity index (χ2n) is 6.81. The predicted molar refractivity (Wildman–Crippen MR) is 114 cm³/mol. The zero-order valence-electron chi connectivity index (χ0n) is 15.5. The molecular formula is C23H20N4O. The van der Waals surface area contributed by atoms with Crippen molar-refractivity contribution in [3.63, 3.8) is 0 Å². The fourth-order valence-corrected chi connectivity index (χ4v) is 3.45. The lowest BCUT2D eigenvalue weighted by Gasteiger charge is -2.12. The van der Waals surface area contributed by atoms with Crippen LogP contribution in [0.3, 0.4) is 0 Å². The van der Waals surface area contributed by atoms with Gasteiger partial charge < -0.3 is 20.0 Å². The maximum Gasteiger partial charge on any atom is 0.127 e. The molecule has 3 aromatic heterocycles. The van der Waals surface area contributed by atoms with E-state index in [9.17, 15) is 0 Å². The second-order valence-corrected chi connectivity index (χ2v) is 6.81. The summed E-state index contributed by atoms with van der Waals surface area (Å²) in [5.74, 6) is 2.63. The summed E-state index contributed by atoms with van der Waals surface area (Å²) in [6.45, 7) is 2.55. The van der Waals surface area contributed by atoms with Crippen LogP contribution in [0.2, 0.25) is 0 Å². The summed E-state index contributed by atoms with van der Waals surface area (Å²) in [6.07, 6.45) is 1.96. The molecule has 5 rings (SSSR count). The molecule has 5 nitrogen and oxygen atoms in total. The van der Waals surface area contributed by atoms with Crippen LogP contribution in [0.5, 0.6) is 0 Å². The van der Waals surface area contributed by atoms with Crippen LogP contribution in [0.4, 0.5) is 17.2 Å². The standard InChI is InChI=1S/C23H20N4O/c1-15-8-9-17(28-15)14-25-22-11-10-18-19(5-3-6-20(18)27-22)26-21-7-2-4-16-12-13-24-23(16)21/h2-13,24,26H,14H2,1H3,(H,25,27). The van der Waals surface area contributed by atoms with E-state index in [1.165, 1.54) is 5.39 Å². The Hall–Kier alpha value is -3.73. The van der Waals surface area contributed by atoms with Crippen LogP contribution in [-0.2, 0) is 6.54 Å². The molecule has 28 heavy (non-hydrogen) atoms. The maximum atomic E-state index is 5.60. The molecule has 3 N–H and O–H groups in total. The van der Waals surface area contributed by atoms with E-state index in [-0.39, 0.29) is 0 Å². The fourth-order valence-electron chi connectivity index (χ4n) is 3.45. The van der Waals surface area contributed by atoms with Crippen LogP contribution in [0.15, 0.2) is 77.3 Å². The largest absolute Gasteiger partial charge is 0.465 e. The SMILES string of the molecule is Cc1ccc(CNc2ccc3c(Nc4cccc5cc[nH]c45)cccc3n2)o1. The first-order chi connectivity index (χ1) is 13.8. The van der Waals surface area contributed by atoms with E-state index < -0.39 is 0 Å². The molecule has 0 radical (unpaired) electrons. The number of nitrogens with zero attached hydrogens (tertiary/aromatic N) is 1. The van der Waals surface area contributed by atoms with E-state index in [2.05, 4.69) is 52.0 Å². The number of anilines is 3. The monoisotopic (exact) mass is 368 g/mol. The zero-order chi connectivity index (χ0) is 18.9. The van der Waals surface area contributed by atoms with E-state index in [1.807, 2.05) is 43.5 Å². The number of fused-ring (bicyclic) bond motifs is 2. The molecule has 0 aliphatic rings. The van der Waals surface area contributed by atoms with Crippen molar-refractivity contribution >= 4 is 39.0 Å². The third-order valence-electron chi connectivity index (χ3n) is 4.83. The molecule has 0 spiro atoms. The maximum absolute atomic E-state index is 5.60. The Bertz CT molecular complexity index is 1270. The highest BCUT2D eigenvalue weighted by Crippen LogP contribution is 2.30. The Morgan fingerprint density at radius 1 is 0.929 bits per heavy atom. The van der Waals surface area contributed by atoms with Gasteiger partial charge >= 0.3 is 0 Å². The first kappa shape index (κ1) is 16.4. The predicted octanol–water partition coefficient (Wildman–Crippen LogP) is 5.97. The third kappa shape index (κ3) is 3.07. The third-order valence-corrected chi connectivity index (χ3v) is 4.83. The average Bonchev–Trinajstić information content (AvgIpc) is 3.36. The van der Waals surface area contributed by atoms with Crippen LogP contribution in [0, 0.1) is 6.92 Å². The average molecular weight is 368 g/mol. The van der Waals surface area contributed by atoms with Crippen LogP contribution in [0.25, 0.3) is 21.8 Å². The molecule has 2 aromatic carbocycles. The van der Waals surface area contributed by atoms with Crippen molar-refractivity contribution in [1.29, 1.82) is 0 Å². The normalized spacial score (nSPS) is 11.2. The van der Waals surface area contributed by atoms with Gasteiger partial charge in [-0.1, -0.05) is 18.2 Å². The lowest BCUT2D eigenvalue weighted by atomic mass is 10.1. The zero-order valence-corrected chi connectivity index (χ0v) is 15.5. The molecule has 0 bridgehead atoms. The molecule has 0 unspecified atom stereocenters. The van der Waals surface area contributed by atoms with Gasteiger partial charge in [0, 0.05) is 22.7 Å². The molecule has 0 amide bonds. The number of aromatic nitrogens is 2. The van der Waals surface area contributed by atoms with Gasteiger partial charge in [-0.3, -0.25) is 0 Å². The number of hydrogen-bond donors (Lipinski definition) is 3. The van der Waals surface area contributed by atoms with Crippen LogP contribution in [0.1, 0.15) is 11.5 Å². The highest BCUT2D eigenvalue weighted by atomic mass is 16.3. The van der Waals surface area contributed by atoms with Gasteiger partial charge in [0.25, 0.3) is 0 Å². The van der Waals surface area contributed by atoms with Crippen molar-refractivity contribution in [1.82, 2.24) is 9.97 Å². The van der Waals surface area contributed by atoms with Gasteiger partial charge in [0.1, 0.15) is 17.3 Å². The first-order valence-corrected chi connectivity index (χ1v) is 9.28. The Morgan fingerprint density at radius 3 is 2.71 bits per heavy atom. The number of furan rings is 1. The number of rotatable bonds is 5. The quantitative estimate of drug-likeness (QED) is 0.357.